The van der Waals surface area contributed by atoms with Gasteiger partial charge < -0.3 is 0 Å². The van der Waals surface area contributed by atoms with E-state index >= 15 is 0 Å². The van der Waals surface area contributed by atoms with Crippen LogP contribution >= 0.6 is 23.4 Å². The predicted octanol–water partition coefficient (Wildman–Crippen LogP) is 1.36. The van der Waals surface area contributed by atoms with Crippen LogP contribution in [0.1, 0.15) is 6.42 Å². The summed E-state index contributed by atoms with van der Waals surface area (Å²) in [5, 5.41) is 0. The van der Waals surface area contributed by atoms with Crippen LogP contribution in [0.5, 0.6) is 0 Å². The van der Waals surface area contributed by atoms with Crippen molar-refractivity contribution in [3.63, 3.8) is 0 Å². The van der Waals surface area contributed by atoms with Crippen molar-refractivity contribution < 1.29 is 0 Å². The van der Waals surface area contributed by atoms with E-state index < -0.39 is 0 Å². The Hall–Kier alpha value is 0.540. The summed E-state index contributed by atoms with van der Waals surface area (Å²) in [4.78, 5) is 2.46. The van der Waals surface area contributed by atoms with Gasteiger partial charge in [0.2, 0.25) is 0 Å². The van der Waals surface area contributed by atoms with Crippen LogP contribution in [0.3, 0.4) is 0 Å². The van der Waals surface area contributed by atoms with Crippen LogP contribution in [-0.2, 0) is 0 Å². The third-order valence-corrected chi connectivity index (χ3v) is 0.861. The smallest absolute Gasteiger partial charge is 0.0236 e. The van der Waals surface area contributed by atoms with Gasteiger partial charge in [-0.15, -0.1) is 11.6 Å². The molecule has 0 spiro atoms. The molecule has 0 radical (unpaired) electrons. The Balaban J connectivity index is 2.34. The fourth-order valence-electron chi connectivity index (χ4n) is 0.134. The first-order valence-electron chi connectivity index (χ1n) is 1.81. The van der Waals surface area contributed by atoms with E-state index in [1.54, 1.807) is 0 Å². The molecule has 0 saturated heterocycles. The van der Waals surface area contributed by atoms with Crippen molar-refractivity contribution in [3.05, 3.63) is 0 Å². The molecule has 0 amide bonds. The first-order valence-corrected chi connectivity index (χ1v) is 2.72. The van der Waals surface area contributed by atoms with Crippen molar-refractivity contribution in [2.24, 2.45) is 0 Å². The molecule has 1 nitrogen and oxygen atoms in total. The van der Waals surface area contributed by atoms with Gasteiger partial charge in [-0.1, -0.05) is 0 Å². The second-order valence-electron chi connectivity index (χ2n) is 0.926. The Labute approximate surface area is 47.7 Å². The van der Waals surface area contributed by atoms with E-state index in [9.17, 15) is 0 Å². The van der Waals surface area contributed by atoms with Gasteiger partial charge in [0.15, 0.2) is 0 Å². The molecule has 0 heterocycles. The lowest BCUT2D eigenvalue weighted by molar-refractivity contribution is 0.875. The average molecular weight is 128 g/mol. The maximum atomic E-state index is 5.28. The van der Waals surface area contributed by atoms with Gasteiger partial charge >= 0.3 is 0 Å². The molecule has 0 rings (SSSR count). The van der Waals surface area contributed by atoms with Gasteiger partial charge in [0.1, 0.15) is 0 Å². The SMILES string of the molecule is ClCCCNCl. The average Bonchev–Trinajstić information content (AvgIpc) is 1.61. The lowest BCUT2D eigenvalue weighted by Crippen LogP contribution is -1.99. The molecule has 1 N–H and O–H groups in total. The van der Waals surface area contributed by atoms with Crippen LogP contribution in [0, 0.1) is 0 Å². The van der Waals surface area contributed by atoms with Crippen molar-refractivity contribution >= 4 is 23.4 Å². The fourth-order valence-corrected chi connectivity index (χ4v) is 0.401. The van der Waals surface area contributed by atoms with Gasteiger partial charge in [-0.05, 0) is 18.2 Å². The molecule has 0 bridgehead atoms. The van der Waals surface area contributed by atoms with E-state index in [1.165, 1.54) is 0 Å². The van der Waals surface area contributed by atoms with Crippen LogP contribution in [0.15, 0.2) is 0 Å². The van der Waals surface area contributed by atoms with Gasteiger partial charge in [0.05, 0.1) is 0 Å². The monoisotopic (exact) mass is 127 g/mol. The standard InChI is InChI=1S/C3H7Cl2N/c4-2-1-3-6-5/h6H,1-3H2. The molecule has 0 aromatic heterocycles. The minimum Gasteiger partial charge on any atom is -0.233 e. The summed E-state index contributed by atoms with van der Waals surface area (Å²) in [5.74, 6) is 0.680. The van der Waals surface area contributed by atoms with Crippen molar-refractivity contribution in [2.45, 2.75) is 6.42 Å². The minimum absolute atomic E-state index is 0.680. The van der Waals surface area contributed by atoms with E-state index in [1.807, 2.05) is 0 Å². The summed E-state index contributed by atoms with van der Waals surface area (Å²) in [6.45, 7) is 0.797. The van der Waals surface area contributed by atoms with E-state index in [2.05, 4.69) is 4.84 Å². The molecular weight excluding hydrogens is 121 g/mol. The molecule has 6 heavy (non-hydrogen) atoms. The highest BCUT2D eigenvalue weighted by Crippen LogP contribution is 1.80. The molecule has 38 valence electrons. The van der Waals surface area contributed by atoms with E-state index in [-0.39, 0.29) is 0 Å². The Morgan fingerprint density at radius 1 is 1.50 bits per heavy atom. The Bertz CT molecular complexity index is 20.8. The van der Waals surface area contributed by atoms with Crippen LogP contribution in [0.2, 0.25) is 0 Å². The molecule has 0 atom stereocenters. The lowest BCUT2D eigenvalue weighted by atomic mass is 10.5. The number of halogens is 2. The largest absolute Gasteiger partial charge is 0.233 e. The molecule has 0 aromatic rings. The zero-order valence-electron chi connectivity index (χ0n) is 3.38. The van der Waals surface area contributed by atoms with Crippen molar-refractivity contribution in [1.82, 2.24) is 4.84 Å². The summed E-state index contributed by atoms with van der Waals surface area (Å²) in [5.41, 5.74) is 0. The molecular formula is C3H7Cl2N. The summed E-state index contributed by atoms with van der Waals surface area (Å²) < 4.78 is 0. The van der Waals surface area contributed by atoms with Crippen molar-refractivity contribution in [1.29, 1.82) is 0 Å². The number of hydrogen-bond donors (Lipinski definition) is 1. The zero-order valence-corrected chi connectivity index (χ0v) is 4.89. The molecule has 0 aliphatic heterocycles. The van der Waals surface area contributed by atoms with Gasteiger partial charge in [0.25, 0.3) is 0 Å². The summed E-state index contributed by atoms with van der Waals surface area (Å²) >= 11 is 10.4. The van der Waals surface area contributed by atoms with E-state index in [0.717, 1.165) is 13.0 Å². The Kier molecular flexibility index (Phi) is 6.04. The minimum atomic E-state index is 0.680. The first-order chi connectivity index (χ1) is 2.91. The van der Waals surface area contributed by atoms with Gasteiger partial charge in [-0.2, -0.15) is 0 Å². The number of hydrogen-bond acceptors (Lipinski definition) is 1. The Morgan fingerprint density at radius 3 is 2.33 bits per heavy atom. The number of alkyl halides is 1. The van der Waals surface area contributed by atoms with E-state index in [4.69, 9.17) is 23.4 Å². The van der Waals surface area contributed by atoms with Crippen molar-refractivity contribution in [3.8, 4) is 0 Å². The van der Waals surface area contributed by atoms with Crippen molar-refractivity contribution in [2.75, 3.05) is 12.4 Å². The topological polar surface area (TPSA) is 12.0 Å². The molecule has 0 fully saturated rings. The second kappa shape index (κ2) is 5.54. The quantitative estimate of drug-likeness (QED) is 0.343. The fraction of sp³-hybridized carbons (Fsp3) is 1.00. The highest BCUT2D eigenvalue weighted by Gasteiger charge is 1.76. The van der Waals surface area contributed by atoms with Gasteiger partial charge in [0, 0.05) is 12.4 Å². The summed E-state index contributed by atoms with van der Waals surface area (Å²) in [7, 11) is 0. The molecule has 0 saturated carbocycles. The third-order valence-electron chi connectivity index (χ3n) is 0.405. The maximum Gasteiger partial charge on any atom is 0.0236 e. The molecule has 0 aliphatic rings. The molecule has 0 unspecified atom stereocenters. The predicted molar refractivity (Wildman–Crippen MR) is 29.2 cm³/mol. The van der Waals surface area contributed by atoms with Crippen LogP contribution in [-0.4, -0.2) is 12.4 Å². The molecule has 0 aliphatic carbocycles. The highest BCUT2D eigenvalue weighted by atomic mass is 35.5. The summed E-state index contributed by atoms with van der Waals surface area (Å²) in [6, 6.07) is 0. The highest BCUT2D eigenvalue weighted by molar-refractivity contribution is 6.18. The van der Waals surface area contributed by atoms with Crippen LogP contribution in [0.4, 0.5) is 0 Å². The van der Waals surface area contributed by atoms with Crippen LogP contribution in [0.25, 0.3) is 0 Å². The second-order valence-corrected chi connectivity index (χ2v) is 1.57. The Morgan fingerprint density at radius 2 is 2.17 bits per heavy atom. The zero-order chi connectivity index (χ0) is 4.83. The number of nitrogens with one attached hydrogen (secondary N) is 1. The van der Waals surface area contributed by atoms with Gasteiger partial charge in [-0.3, -0.25) is 0 Å². The van der Waals surface area contributed by atoms with Gasteiger partial charge in [-0.25, -0.2) is 4.84 Å². The normalized spacial score (nSPS) is 9.00. The van der Waals surface area contributed by atoms with E-state index in [0.29, 0.717) is 5.88 Å². The van der Waals surface area contributed by atoms with Crippen LogP contribution < -0.4 is 4.84 Å². The summed E-state index contributed by atoms with van der Waals surface area (Å²) in [6.07, 6.45) is 0.936. The first kappa shape index (κ1) is 6.54. The molecule has 0 aromatic carbocycles. The maximum absolute atomic E-state index is 5.28. The molecule has 3 heteroatoms. The lowest BCUT2D eigenvalue weighted by Gasteiger charge is -1.86. The number of rotatable bonds is 3. The third kappa shape index (κ3) is 4.54.